The fraction of sp³-hybridized carbons (Fsp3) is 0.312. The maximum absolute atomic E-state index is 11.8. The monoisotopic (exact) mass is 267 g/mol. The Morgan fingerprint density at radius 1 is 1.20 bits per heavy atom. The first-order chi connectivity index (χ1) is 9.58. The van der Waals surface area contributed by atoms with E-state index in [4.69, 9.17) is 0 Å². The van der Waals surface area contributed by atoms with E-state index in [0.29, 0.717) is 18.2 Å². The topological polar surface area (TPSA) is 46.1 Å². The van der Waals surface area contributed by atoms with Crippen molar-refractivity contribution in [2.75, 3.05) is 11.9 Å². The number of nitrogens with zero attached hydrogens (tertiary/aromatic N) is 3. The Labute approximate surface area is 118 Å². The average molecular weight is 267 g/mol. The van der Waals surface area contributed by atoms with E-state index in [-0.39, 0.29) is 5.91 Å². The first-order valence-corrected chi connectivity index (χ1v) is 6.78. The molecule has 0 radical (unpaired) electrons. The van der Waals surface area contributed by atoms with Gasteiger partial charge in [0, 0.05) is 30.7 Å². The minimum atomic E-state index is 0.117. The number of benzene rings is 1. The van der Waals surface area contributed by atoms with Crippen molar-refractivity contribution in [1.82, 2.24) is 9.97 Å². The molecule has 3 rings (SSSR count). The Kier molecular flexibility index (Phi) is 3.01. The highest BCUT2D eigenvalue weighted by atomic mass is 16.2. The van der Waals surface area contributed by atoms with Crippen molar-refractivity contribution in [3.8, 4) is 11.4 Å². The molecule has 2 heterocycles. The molecule has 20 heavy (non-hydrogen) atoms. The summed E-state index contributed by atoms with van der Waals surface area (Å²) in [6.45, 7) is 4.23. The minimum Gasteiger partial charge on any atom is -0.315 e. The number of hydrogen-bond acceptors (Lipinski definition) is 3. The number of amides is 1. The van der Waals surface area contributed by atoms with Crippen LogP contribution < -0.4 is 4.90 Å². The van der Waals surface area contributed by atoms with Gasteiger partial charge in [-0.2, -0.15) is 0 Å². The van der Waals surface area contributed by atoms with Crippen molar-refractivity contribution < 1.29 is 4.79 Å². The normalized spacial score (nSPS) is 14.0. The average Bonchev–Trinajstić information content (AvgIpc) is 2.74. The number of rotatable bonds is 2. The van der Waals surface area contributed by atoms with Crippen LogP contribution in [0, 0.1) is 0 Å². The minimum absolute atomic E-state index is 0.117. The molecule has 1 aromatic heterocycles. The summed E-state index contributed by atoms with van der Waals surface area (Å²) in [5.41, 5.74) is 4.06. The highest BCUT2D eigenvalue weighted by Gasteiger charge is 2.27. The largest absolute Gasteiger partial charge is 0.315 e. The molecule has 2 aromatic rings. The van der Waals surface area contributed by atoms with E-state index in [1.807, 2.05) is 30.6 Å². The Bertz CT molecular complexity index is 662. The predicted octanol–water partition coefficient (Wildman–Crippen LogP) is 2.79. The molecule has 0 atom stereocenters. The molecule has 0 fully saturated rings. The number of aromatic nitrogens is 2. The van der Waals surface area contributed by atoms with E-state index in [2.05, 4.69) is 23.8 Å². The molecule has 0 N–H and O–H groups in total. The van der Waals surface area contributed by atoms with Crippen LogP contribution in [0.4, 0.5) is 5.69 Å². The Hall–Kier alpha value is -2.23. The molecule has 1 aromatic carbocycles. The number of anilines is 1. The predicted molar refractivity (Wildman–Crippen MR) is 78.7 cm³/mol. The highest BCUT2D eigenvalue weighted by Crippen LogP contribution is 2.34. The van der Waals surface area contributed by atoms with Gasteiger partial charge in [-0.3, -0.25) is 4.79 Å². The van der Waals surface area contributed by atoms with Crippen LogP contribution in [0.1, 0.15) is 30.9 Å². The summed E-state index contributed by atoms with van der Waals surface area (Å²) in [5.74, 6) is 1.22. The molecule has 0 unspecified atom stereocenters. The molecule has 1 aliphatic rings. The van der Waals surface area contributed by atoms with Gasteiger partial charge in [-0.1, -0.05) is 26.0 Å². The van der Waals surface area contributed by atoms with Gasteiger partial charge in [-0.05, 0) is 23.1 Å². The zero-order valence-corrected chi connectivity index (χ0v) is 11.9. The van der Waals surface area contributed by atoms with Gasteiger partial charge < -0.3 is 4.90 Å². The van der Waals surface area contributed by atoms with Crippen molar-refractivity contribution in [2.24, 2.45) is 0 Å². The summed E-state index contributed by atoms with van der Waals surface area (Å²) in [6, 6.07) is 5.89. The number of carbonyl (C=O) groups excluding carboxylic acids is 1. The van der Waals surface area contributed by atoms with E-state index in [9.17, 15) is 4.79 Å². The second-order valence-corrected chi connectivity index (χ2v) is 5.43. The van der Waals surface area contributed by atoms with Gasteiger partial charge in [0.05, 0.1) is 6.42 Å². The summed E-state index contributed by atoms with van der Waals surface area (Å²) in [7, 11) is 1.81. The lowest BCUT2D eigenvalue weighted by Gasteiger charge is -2.11. The van der Waals surface area contributed by atoms with Gasteiger partial charge >= 0.3 is 0 Å². The van der Waals surface area contributed by atoms with E-state index in [1.54, 1.807) is 11.9 Å². The SMILES string of the molecule is CC(C)c1cnc(-c2cccc3c2CC(=O)N3C)nc1. The molecule has 0 saturated heterocycles. The highest BCUT2D eigenvalue weighted by molar-refractivity contribution is 6.03. The van der Waals surface area contributed by atoms with Gasteiger partial charge in [-0.15, -0.1) is 0 Å². The standard InChI is InChI=1S/C16H17N3O/c1-10(2)11-8-17-16(18-9-11)12-5-4-6-14-13(12)7-15(20)19(14)3/h4-6,8-10H,7H2,1-3H3. The Balaban J connectivity index is 2.06. The molecule has 0 aliphatic carbocycles. The quantitative estimate of drug-likeness (QED) is 0.840. The molecule has 0 bridgehead atoms. The van der Waals surface area contributed by atoms with E-state index in [0.717, 1.165) is 22.4 Å². The summed E-state index contributed by atoms with van der Waals surface area (Å²) in [6.07, 6.45) is 4.16. The number of carbonyl (C=O) groups is 1. The maximum Gasteiger partial charge on any atom is 0.231 e. The molecule has 1 aliphatic heterocycles. The van der Waals surface area contributed by atoms with Gasteiger partial charge in [0.25, 0.3) is 0 Å². The zero-order chi connectivity index (χ0) is 14.3. The van der Waals surface area contributed by atoms with E-state index >= 15 is 0 Å². The summed E-state index contributed by atoms with van der Waals surface area (Å²) < 4.78 is 0. The third kappa shape index (κ3) is 1.97. The number of hydrogen-bond donors (Lipinski definition) is 0. The fourth-order valence-electron chi connectivity index (χ4n) is 2.46. The Morgan fingerprint density at radius 3 is 2.55 bits per heavy atom. The number of likely N-dealkylation sites (N-methyl/N-ethyl adjacent to an activating group) is 1. The summed E-state index contributed by atoms with van der Waals surface area (Å²) in [5, 5.41) is 0. The lowest BCUT2D eigenvalue weighted by molar-refractivity contribution is -0.117. The van der Waals surface area contributed by atoms with Crippen LogP contribution >= 0.6 is 0 Å². The van der Waals surface area contributed by atoms with Crippen molar-refractivity contribution in [2.45, 2.75) is 26.2 Å². The molecule has 0 spiro atoms. The molecule has 102 valence electrons. The van der Waals surface area contributed by atoms with Gasteiger partial charge in [0.1, 0.15) is 0 Å². The smallest absolute Gasteiger partial charge is 0.231 e. The van der Waals surface area contributed by atoms with Crippen LogP contribution in [0.2, 0.25) is 0 Å². The molecular weight excluding hydrogens is 250 g/mol. The van der Waals surface area contributed by atoms with Crippen LogP contribution in [0.3, 0.4) is 0 Å². The van der Waals surface area contributed by atoms with Crippen LogP contribution in [-0.2, 0) is 11.2 Å². The zero-order valence-electron chi connectivity index (χ0n) is 11.9. The Morgan fingerprint density at radius 2 is 1.90 bits per heavy atom. The van der Waals surface area contributed by atoms with Gasteiger partial charge in [-0.25, -0.2) is 9.97 Å². The van der Waals surface area contributed by atoms with Crippen molar-refractivity contribution >= 4 is 11.6 Å². The van der Waals surface area contributed by atoms with Crippen LogP contribution in [-0.4, -0.2) is 22.9 Å². The van der Waals surface area contributed by atoms with Gasteiger partial charge in [0.2, 0.25) is 5.91 Å². The lowest BCUT2D eigenvalue weighted by Crippen LogP contribution is -2.20. The summed E-state index contributed by atoms with van der Waals surface area (Å²) in [4.78, 5) is 22.5. The molecule has 1 amide bonds. The fourth-order valence-corrected chi connectivity index (χ4v) is 2.46. The third-order valence-corrected chi connectivity index (χ3v) is 3.79. The van der Waals surface area contributed by atoms with E-state index in [1.165, 1.54) is 0 Å². The second kappa shape index (κ2) is 4.71. The van der Waals surface area contributed by atoms with Gasteiger partial charge in [0.15, 0.2) is 5.82 Å². The van der Waals surface area contributed by atoms with Crippen LogP contribution in [0.15, 0.2) is 30.6 Å². The van der Waals surface area contributed by atoms with E-state index < -0.39 is 0 Å². The lowest BCUT2D eigenvalue weighted by atomic mass is 10.0. The molecule has 4 heteroatoms. The maximum atomic E-state index is 11.8. The van der Waals surface area contributed by atoms with Crippen molar-refractivity contribution in [1.29, 1.82) is 0 Å². The molecular formula is C16H17N3O. The van der Waals surface area contributed by atoms with Crippen LogP contribution in [0.25, 0.3) is 11.4 Å². The first kappa shape index (κ1) is 12.8. The molecule has 0 saturated carbocycles. The second-order valence-electron chi connectivity index (χ2n) is 5.43. The van der Waals surface area contributed by atoms with Crippen molar-refractivity contribution in [3.63, 3.8) is 0 Å². The van der Waals surface area contributed by atoms with Crippen LogP contribution in [0.5, 0.6) is 0 Å². The summed E-state index contributed by atoms with van der Waals surface area (Å²) >= 11 is 0. The van der Waals surface area contributed by atoms with Crippen molar-refractivity contribution in [3.05, 3.63) is 41.7 Å². The molecule has 4 nitrogen and oxygen atoms in total. The number of fused-ring (bicyclic) bond motifs is 1. The first-order valence-electron chi connectivity index (χ1n) is 6.78. The third-order valence-electron chi connectivity index (χ3n) is 3.79.